The third-order valence-corrected chi connectivity index (χ3v) is 2.52. The number of methoxy groups -OCH3 is 1. The molecule has 0 radical (unpaired) electrons. The molecule has 0 aliphatic rings. The first kappa shape index (κ1) is 11.4. The van der Waals surface area contributed by atoms with Gasteiger partial charge in [0.2, 0.25) is 0 Å². The lowest BCUT2D eigenvalue weighted by Crippen LogP contribution is -2.11. The summed E-state index contributed by atoms with van der Waals surface area (Å²) in [5.41, 5.74) is 1.54. The molecule has 88 valence electrons. The standard InChI is InChI=1S/C13H12O4/c1-16-13(15)7-10(14)6-9-8-17-12-5-3-2-4-11(9)12/h2-5,8H,6-7H2,1H3. The van der Waals surface area contributed by atoms with Gasteiger partial charge in [0, 0.05) is 17.4 Å². The first-order chi connectivity index (χ1) is 8.20. The number of esters is 1. The molecular formula is C13H12O4. The van der Waals surface area contributed by atoms with Crippen LogP contribution in [0.1, 0.15) is 12.0 Å². The molecule has 2 aromatic rings. The molecule has 0 spiro atoms. The van der Waals surface area contributed by atoms with E-state index in [0.717, 1.165) is 16.5 Å². The molecule has 0 bridgehead atoms. The van der Waals surface area contributed by atoms with E-state index in [0.29, 0.717) is 0 Å². The number of hydrogen-bond acceptors (Lipinski definition) is 4. The number of carbonyl (C=O) groups excluding carboxylic acids is 2. The molecule has 0 aliphatic carbocycles. The van der Waals surface area contributed by atoms with Crippen LogP contribution in [0.25, 0.3) is 11.0 Å². The van der Waals surface area contributed by atoms with Gasteiger partial charge in [-0.05, 0) is 6.07 Å². The van der Waals surface area contributed by atoms with Crippen LogP contribution in [0.2, 0.25) is 0 Å². The summed E-state index contributed by atoms with van der Waals surface area (Å²) in [7, 11) is 1.27. The normalized spacial score (nSPS) is 10.4. The van der Waals surface area contributed by atoms with Crippen LogP contribution in [-0.4, -0.2) is 18.9 Å². The smallest absolute Gasteiger partial charge is 0.313 e. The Labute approximate surface area is 98.2 Å². The van der Waals surface area contributed by atoms with E-state index in [9.17, 15) is 9.59 Å². The Morgan fingerprint density at radius 1 is 1.29 bits per heavy atom. The predicted octanol–water partition coefficient (Wildman–Crippen LogP) is 2.11. The molecule has 0 unspecified atom stereocenters. The molecule has 4 nitrogen and oxygen atoms in total. The molecule has 2 rings (SSSR count). The first-order valence-corrected chi connectivity index (χ1v) is 5.24. The second-order valence-electron chi connectivity index (χ2n) is 3.73. The summed E-state index contributed by atoms with van der Waals surface area (Å²) < 4.78 is 9.76. The van der Waals surface area contributed by atoms with Crippen molar-refractivity contribution < 1.29 is 18.7 Å². The predicted molar refractivity (Wildman–Crippen MR) is 61.6 cm³/mol. The molecule has 0 atom stereocenters. The summed E-state index contributed by atoms with van der Waals surface area (Å²) in [5, 5.41) is 0.908. The van der Waals surface area contributed by atoms with E-state index < -0.39 is 5.97 Å². The van der Waals surface area contributed by atoms with Gasteiger partial charge in [0.15, 0.2) is 0 Å². The minimum absolute atomic E-state index is 0.177. The highest BCUT2D eigenvalue weighted by Gasteiger charge is 2.13. The topological polar surface area (TPSA) is 56.5 Å². The van der Waals surface area contributed by atoms with E-state index in [1.54, 1.807) is 6.26 Å². The Morgan fingerprint density at radius 2 is 2.06 bits per heavy atom. The van der Waals surface area contributed by atoms with Crippen molar-refractivity contribution in [1.82, 2.24) is 0 Å². The van der Waals surface area contributed by atoms with Crippen LogP contribution in [-0.2, 0) is 20.7 Å². The zero-order valence-corrected chi connectivity index (χ0v) is 9.43. The van der Waals surface area contributed by atoms with E-state index in [1.807, 2.05) is 24.3 Å². The number of hydrogen-bond donors (Lipinski definition) is 0. The fourth-order valence-electron chi connectivity index (χ4n) is 1.68. The molecule has 0 saturated heterocycles. The van der Waals surface area contributed by atoms with Crippen molar-refractivity contribution in [2.75, 3.05) is 7.11 Å². The number of ketones is 1. The number of benzene rings is 1. The van der Waals surface area contributed by atoms with Crippen LogP contribution in [0.3, 0.4) is 0 Å². The maximum atomic E-state index is 11.6. The van der Waals surface area contributed by atoms with Crippen LogP contribution >= 0.6 is 0 Å². The second-order valence-corrected chi connectivity index (χ2v) is 3.73. The summed E-state index contributed by atoms with van der Waals surface area (Å²) in [6.07, 6.45) is 1.54. The number of furan rings is 1. The van der Waals surface area contributed by atoms with Gasteiger partial charge in [-0.25, -0.2) is 0 Å². The Bertz CT molecular complexity index is 553. The fraction of sp³-hybridized carbons (Fsp3) is 0.231. The van der Waals surface area contributed by atoms with Crippen LogP contribution in [0.5, 0.6) is 0 Å². The number of rotatable bonds is 4. The van der Waals surface area contributed by atoms with E-state index in [1.165, 1.54) is 7.11 Å². The molecule has 4 heteroatoms. The molecule has 0 fully saturated rings. The quantitative estimate of drug-likeness (QED) is 0.598. The molecular weight excluding hydrogens is 220 g/mol. The zero-order chi connectivity index (χ0) is 12.3. The fourth-order valence-corrected chi connectivity index (χ4v) is 1.68. The third kappa shape index (κ3) is 2.53. The minimum Gasteiger partial charge on any atom is -0.469 e. The lowest BCUT2D eigenvalue weighted by Gasteiger charge is -1.98. The largest absolute Gasteiger partial charge is 0.469 e. The maximum Gasteiger partial charge on any atom is 0.313 e. The van der Waals surface area contributed by atoms with Crippen LogP contribution < -0.4 is 0 Å². The Balaban J connectivity index is 2.13. The van der Waals surface area contributed by atoms with Gasteiger partial charge in [-0.15, -0.1) is 0 Å². The van der Waals surface area contributed by atoms with E-state index in [2.05, 4.69) is 4.74 Å². The van der Waals surface area contributed by atoms with Gasteiger partial charge in [-0.3, -0.25) is 9.59 Å². The monoisotopic (exact) mass is 232 g/mol. The Hall–Kier alpha value is -2.10. The maximum absolute atomic E-state index is 11.6. The molecule has 0 aliphatic heterocycles. The van der Waals surface area contributed by atoms with Crippen LogP contribution in [0, 0.1) is 0 Å². The van der Waals surface area contributed by atoms with Crippen molar-refractivity contribution in [3.63, 3.8) is 0 Å². The highest BCUT2D eigenvalue weighted by molar-refractivity contribution is 5.98. The first-order valence-electron chi connectivity index (χ1n) is 5.24. The highest BCUT2D eigenvalue weighted by atomic mass is 16.5. The Kier molecular flexibility index (Phi) is 3.23. The number of fused-ring (bicyclic) bond motifs is 1. The van der Waals surface area contributed by atoms with Gasteiger partial charge < -0.3 is 9.15 Å². The van der Waals surface area contributed by atoms with Crippen LogP contribution in [0.15, 0.2) is 34.9 Å². The SMILES string of the molecule is COC(=O)CC(=O)Cc1coc2ccccc12. The number of Topliss-reactive ketones (excluding diaryl/α,β-unsaturated/α-hetero) is 1. The highest BCUT2D eigenvalue weighted by Crippen LogP contribution is 2.21. The lowest BCUT2D eigenvalue weighted by atomic mass is 10.1. The summed E-state index contributed by atoms with van der Waals surface area (Å²) in [6, 6.07) is 7.47. The third-order valence-electron chi connectivity index (χ3n) is 2.52. The second kappa shape index (κ2) is 4.82. The summed E-state index contributed by atoms with van der Waals surface area (Å²) in [5.74, 6) is -0.689. The Morgan fingerprint density at radius 3 is 2.82 bits per heavy atom. The van der Waals surface area contributed by atoms with Gasteiger partial charge >= 0.3 is 5.97 Å². The van der Waals surface area contributed by atoms with Gasteiger partial charge in [0.1, 0.15) is 17.8 Å². The van der Waals surface area contributed by atoms with Crippen molar-refractivity contribution in [1.29, 1.82) is 0 Å². The molecule has 17 heavy (non-hydrogen) atoms. The molecule has 1 aromatic carbocycles. The van der Waals surface area contributed by atoms with E-state index >= 15 is 0 Å². The van der Waals surface area contributed by atoms with Gasteiger partial charge in [0.25, 0.3) is 0 Å². The van der Waals surface area contributed by atoms with Gasteiger partial charge in [-0.2, -0.15) is 0 Å². The van der Waals surface area contributed by atoms with Crippen molar-refractivity contribution in [3.8, 4) is 0 Å². The summed E-state index contributed by atoms with van der Waals surface area (Å²) in [6.45, 7) is 0. The van der Waals surface area contributed by atoms with Gasteiger partial charge in [-0.1, -0.05) is 18.2 Å². The minimum atomic E-state index is -0.511. The van der Waals surface area contributed by atoms with Crippen molar-refractivity contribution in [2.45, 2.75) is 12.8 Å². The van der Waals surface area contributed by atoms with Gasteiger partial charge in [0.05, 0.1) is 13.4 Å². The molecule has 1 aromatic heterocycles. The summed E-state index contributed by atoms with van der Waals surface area (Å²) in [4.78, 5) is 22.5. The number of ether oxygens (including phenoxy) is 1. The van der Waals surface area contributed by atoms with Crippen LogP contribution in [0.4, 0.5) is 0 Å². The number of carbonyl (C=O) groups is 2. The molecule has 0 N–H and O–H groups in total. The molecule has 0 saturated carbocycles. The zero-order valence-electron chi connectivity index (χ0n) is 9.43. The molecule has 1 heterocycles. The van der Waals surface area contributed by atoms with Crippen molar-refractivity contribution >= 4 is 22.7 Å². The summed E-state index contributed by atoms with van der Waals surface area (Å²) >= 11 is 0. The van der Waals surface area contributed by atoms with Crippen molar-refractivity contribution in [2.24, 2.45) is 0 Å². The molecule has 0 amide bonds. The van der Waals surface area contributed by atoms with Crippen molar-refractivity contribution in [3.05, 3.63) is 36.1 Å². The van der Waals surface area contributed by atoms with E-state index in [-0.39, 0.29) is 18.6 Å². The average Bonchev–Trinajstić information content (AvgIpc) is 2.72. The average molecular weight is 232 g/mol. The lowest BCUT2D eigenvalue weighted by molar-refractivity contribution is -0.143. The van der Waals surface area contributed by atoms with E-state index in [4.69, 9.17) is 4.42 Å². The number of para-hydroxylation sites is 1.